The van der Waals surface area contributed by atoms with E-state index in [1.54, 1.807) is 0 Å². The molecule has 0 saturated carbocycles. The lowest BCUT2D eigenvalue weighted by Gasteiger charge is -2.35. The first-order valence-corrected chi connectivity index (χ1v) is 10.4. The van der Waals surface area contributed by atoms with Gasteiger partial charge in [-0.05, 0) is 35.4 Å². The number of nitrogens with zero attached hydrogens (tertiary/aromatic N) is 2. The molecule has 0 aliphatic carbocycles. The van der Waals surface area contributed by atoms with Crippen LogP contribution < -0.4 is 9.47 Å². The number of β-amino-alcohol motifs (C(OH)–C–C–N with tert-alkyl or cyclic N) is 1. The van der Waals surface area contributed by atoms with Crippen molar-refractivity contribution in [2.75, 3.05) is 46.1 Å². The lowest BCUT2D eigenvalue weighted by molar-refractivity contribution is 0.000855. The van der Waals surface area contributed by atoms with Crippen LogP contribution in [0.15, 0.2) is 42.5 Å². The fraction of sp³-hybridized carbons (Fsp3) is 0.455. The second-order valence-corrected chi connectivity index (χ2v) is 8.00. The minimum atomic E-state index is -0.494. The fourth-order valence-corrected chi connectivity index (χ4v) is 3.80. The Hall–Kier alpha value is -1.83. The number of aliphatic hydroxyl groups is 1. The minimum absolute atomic E-state index is 0.269. The summed E-state index contributed by atoms with van der Waals surface area (Å²) in [7, 11) is 0. The summed E-state index contributed by atoms with van der Waals surface area (Å²) >= 11 is 5.95. The third kappa shape index (κ3) is 5.84. The highest BCUT2D eigenvalue weighted by Crippen LogP contribution is 2.32. The molecule has 29 heavy (non-hydrogen) atoms. The molecule has 0 aromatic heterocycles. The van der Waals surface area contributed by atoms with Crippen molar-refractivity contribution in [3.05, 3.63) is 58.6 Å². The average molecular weight is 419 g/mol. The molecule has 2 aromatic carbocycles. The van der Waals surface area contributed by atoms with Crippen LogP contribution in [-0.2, 0) is 17.9 Å². The van der Waals surface area contributed by atoms with Gasteiger partial charge in [0.05, 0.1) is 19.3 Å². The molecule has 2 heterocycles. The van der Waals surface area contributed by atoms with Gasteiger partial charge < -0.3 is 19.3 Å². The van der Waals surface area contributed by atoms with Gasteiger partial charge in [-0.1, -0.05) is 29.8 Å². The lowest BCUT2D eigenvalue weighted by atomic mass is 10.2. The normalized spacial score (nSPS) is 18.1. The molecular formula is C22H27ClN2O4. The Kier molecular flexibility index (Phi) is 6.90. The number of benzene rings is 2. The first-order valence-electron chi connectivity index (χ1n) is 9.99. The minimum Gasteiger partial charge on any atom is -0.454 e. The van der Waals surface area contributed by atoms with E-state index in [9.17, 15) is 5.11 Å². The number of piperazine rings is 1. The van der Waals surface area contributed by atoms with Crippen molar-refractivity contribution in [1.29, 1.82) is 0 Å². The van der Waals surface area contributed by atoms with E-state index in [2.05, 4.69) is 21.9 Å². The van der Waals surface area contributed by atoms with Crippen LogP contribution >= 0.6 is 11.6 Å². The van der Waals surface area contributed by atoms with Crippen molar-refractivity contribution < 1.29 is 19.3 Å². The lowest BCUT2D eigenvalue weighted by Crippen LogP contribution is -2.48. The van der Waals surface area contributed by atoms with Crippen LogP contribution in [0.2, 0.25) is 5.02 Å². The molecule has 0 unspecified atom stereocenters. The Morgan fingerprint density at radius 1 is 0.931 bits per heavy atom. The maximum Gasteiger partial charge on any atom is 0.231 e. The second kappa shape index (κ2) is 9.78. The Bertz CT molecular complexity index is 794. The van der Waals surface area contributed by atoms with Crippen molar-refractivity contribution in [3.63, 3.8) is 0 Å². The largest absolute Gasteiger partial charge is 0.454 e. The zero-order valence-electron chi connectivity index (χ0n) is 16.4. The molecular weight excluding hydrogens is 392 g/mol. The predicted octanol–water partition coefficient (Wildman–Crippen LogP) is 2.76. The van der Waals surface area contributed by atoms with Crippen LogP contribution in [0.3, 0.4) is 0 Å². The third-order valence-electron chi connectivity index (χ3n) is 5.27. The number of aliphatic hydroxyl groups excluding tert-OH is 1. The van der Waals surface area contributed by atoms with E-state index in [-0.39, 0.29) is 6.79 Å². The van der Waals surface area contributed by atoms with Gasteiger partial charge in [-0.15, -0.1) is 0 Å². The van der Waals surface area contributed by atoms with Gasteiger partial charge in [0.15, 0.2) is 11.5 Å². The van der Waals surface area contributed by atoms with Crippen LogP contribution in [0, 0.1) is 0 Å². The predicted molar refractivity (Wildman–Crippen MR) is 111 cm³/mol. The fourth-order valence-electron chi connectivity index (χ4n) is 3.67. The van der Waals surface area contributed by atoms with Gasteiger partial charge in [0, 0.05) is 44.3 Å². The molecule has 1 saturated heterocycles. The molecule has 6 nitrogen and oxygen atoms in total. The van der Waals surface area contributed by atoms with E-state index in [4.69, 9.17) is 25.8 Å². The Morgan fingerprint density at radius 2 is 1.62 bits per heavy atom. The molecule has 2 aliphatic heterocycles. The van der Waals surface area contributed by atoms with Crippen LogP contribution in [0.25, 0.3) is 0 Å². The van der Waals surface area contributed by atoms with Gasteiger partial charge in [-0.2, -0.15) is 0 Å². The highest BCUT2D eigenvalue weighted by Gasteiger charge is 2.19. The average Bonchev–Trinajstić information content (AvgIpc) is 3.19. The number of hydrogen-bond donors (Lipinski definition) is 1. The molecule has 0 bridgehead atoms. The number of halogens is 1. The van der Waals surface area contributed by atoms with E-state index in [0.717, 1.165) is 54.8 Å². The first kappa shape index (κ1) is 20.4. The summed E-state index contributed by atoms with van der Waals surface area (Å²) in [5.41, 5.74) is 2.29. The van der Waals surface area contributed by atoms with Crippen LogP contribution in [0.1, 0.15) is 11.1 Å². The van der Waals surface area contributed by atoms with E-state index in [0.29, 0.717) is 19.8 Å². The maximum absolute atomic E-state index is 10.3. The van der Waals surface area contributed by atoms with Crippen molar-refractivity contribution in [1.82, 2.24) is 9.80 Å². The molecule has 7 heteroatoms. The summed E-state index contributed by atoms with van der Waals surface area (Å²) in [6.45, 7) is 6.50. The summed E-state index contributed by atoms with van der Waals surface area (Å²) in [5, 5.41) is 11.1. The van der Waals surface area contributed by atoms with Crippen LogP contribution in [-0.4, -0.2) is 67.1 Å². The van der Waals surface area contributed by atoms with E-state index < -0.39 is 6.10 Å². The van der Waals surface area contributed by atoms with Crippen LogP contribution in [0.4, 0.5) is 0 Å². The monoisotopic (exact) mass is 418 g/mol. The van der Waals surface area contributed by atoms with Gasteiger partial charge in [-0.3, -0.25) is 9.80 Å². The van der Waals surface area contributed by atoms with E-state index >= 15 is 0 Å². The van der Waals surface area contributed by atoms with Gasteiger partial charge in [-0.25, -0.2) is 0 Å². The summed E-state index contributed by atoms with van der Waals surface area (Å²) in [6, 6.07) is 13.8. The molecule has 1 N–H and O–H groups in total. The summed E-state index contributed by atoms with van der Waals surface area (Å²) in [4.78, 5) is 4.73. The van der Waals surface area contributed by atoms with Crippen LogP contribution in [0.5, 0.6) is 11.5 Å². The Morgan fingerprint density at radius 3 is 2.41 bits per heavy atom. The van der Waals surface area contributed by atoms with Crippen molar-refractivity contribution in [3.8, 4) is 11.5 Å². The summed E-state index contributed by atoms with van der Waals surface area (Å²) in [5.74, 6) is 1.52. The second-order valence-electron chi connectivity index (χ2n) is 7.56. The SMILES string of the molecule is O[C@@H](COCc1ccc2c(c1)OCO2)CN1CCN(Cc2ccc(Cl)cc2)CC1. The number of rotatable bonds is 8. The topological polar surface area (TPSA) is 54.4 Å². The van der Waals surface area contributed by atoms with Gasteiger partial charge in [0.25, 0.3) is 0 Å². The van der Waals surface area contributed by atoms with Crippen molar-refractivity contribution in [2.24, 2.45) is 0 Å². The van der Waals surface area contributed by atoms with Gasteiger partial charge >= 0.3 is 0 Å². The zero-order chi connectivity index (χ0) is 20.1. The molecule has 156 valence electrons. The zero-order valence-corrected chi connectivity index (χ0v) is 17.2. The van der Waals surface area contributed by atoms with E-state index in [1.165, 1.54) is 5.56 Å². The van der Waals surface area contributed by atoms with Gasteiger partial charge in [0.1, 0.15) is 0 Å². The smallest absolute Gasteiger partial charge is 0.231 e. The molecule has 0 spiro atoms. The molecule has 4 rings (SSSR count). The Labute approximate surface area is 176 Å². The molecule has 1 fully saturated rings. The summed E-state index contributed by atoms with van der Waals surface area (Å²) < 4.78 is 16.4. The van der Waals surface area contributed by atoms with Crippen molar-refractivity contribution in [2.45, 2.75) is 19.3 Å². The maximum atomic E-state index is 10.3. The molecule has 2 aliphatic rings. The molecule has 0 radical (unpaired) electrons. The highest BCUT2D eigenvalue weighted by molar-refractivity contribution is 6.30. The van der Waals surface area contributed by atoms with Crippen molar-refractivity contribution >= 4 is 11.6 Å². The van der Waals surface area contributed by atoms with E-state index in [1.807, 2.05) is 30.3 Å². The molecule has 1 atom stereocenters. The quantitative estimate of drug-likeness (QED) is 0.711. The summed E-state index contributed by atoms with van der Waals surface area (Å²) in [6.07, 6.45) is -0.494. The number of fused-ring (bicyclic) bond motifs is 1. The highest BCUT2D eigenvalue weighted by atomic mass is 35.5. The number of hydrogen-bond acceptors (Lipinski definition) is 6. The molecule has 2 aromatic rings. The standard InChI is InChI=1S/C22H27ClN2O4/c23-19-4-1-17(2-5-19)12-24-7-9-25(10-8-24)13-20(26)15-27-14-18-3-6-21-22(11-18)29-16-28-21/h1-6,11,20,26H,7-10,12-16H2/t20-/m1/s1. The third-order valence-corrected chi connectivity index (χ3v) is 5.52. The molecule has 0 amide bonds. The number of ether oxygens (including phenoxy) is 3. The Balaban J connectivity index is 1.13. The first-order chi connectivity index (χ1) is 14.2. The van der Waals surface area contributed by atoms with Gasteiger partial charge in [0.2, 0.25) is 6.79 Å².